The Hall–Kier alpha value is 0.270. The Morgan fingerprint density at radius 1 is 1.29 bits per heavy atom. The SMILES string of the molecule is CNC(C)(C)CN1CC(C)SC(C)C1. The Morgan fingerprint density at radius 3 is 2.21 bits per heavy atom. The van der Waals surface area contributed by atoms with Crippen LogP contribution in [-0.4, -0.2) is 47.6 Å². The lowest BCUT2D eigenvalue weighted by Gasteiger charge is -2.39. The van der Waals surface area contributed by atoms with Crippen molar-refractivity contribution in [3.63, 3.8) is 0 Å². The predicted octanol–water partition coefficient (Wildman–Crippen LogP) is 1.81. The van der Waals surface area contributed by atoms with Crippen molar-refractivity contribution in [3.8, 4) is 0 Å². The van der Waals surface area contributed by atoms with E-state index >= 15 is 0 Å². The third-order valence-electron chi connectivity index (χ3n) is 2.79. The molecule has 0 amide bonds. The molecule has 0 aliphatic carbocycles. The van der Waals surface area contributed by atoms with Gasteiger partial charge in [-0.25, -0.2) is 0 Å². The number of hydrogen-bond acceptors (Lipinski definition) is 3. The molecule has 1 rings (SSSR count). The Morgan fingerprint density at radius 2 is 1.79 bits per heavy atom. The van der Waals surface area contributed by atoms with Crippen LogP contribution >= 0.6 is 11.8 Å². The van der Waals surface area contributed by atoms with E-state index < -0.39 is 0 Å². The van der Waals surface area contributed by atoms with Crippen LogP contribution < -0.4 is 5.32 Å². The van der Waals surface area contributed by atoms with Crippen LogP contribution in [-0.2, 0) is 0 Å². The predicted molar refractivity (Wildman–Crippen MR) is 66.1 cm³/mol. The molecule has 1 N–H and O–H groups in total. The third-order valence-corrected chi connectivity index (χ3v) is 4.02. The van der Waals surface area contributed by atoms with Gasteiger partial charge in [-0.05, 0) is 20.9 Å². The second kappa shape index (κ2) is 4.86. The number of thioether (sulfide) groups is 1. The van der Waals surface area contributed by atoms with Crippen molar-refractivity contribution in [2.24, 2.45) is 0 Å². The number of hydrogen-bond donors (Lipinski definition) is 1. The molecule has 1 aliphatic rings. The summed E-state index contributed by atoms with van der Waals surface area (Å²) in [5.41, 5.74) is 0.238. The second-order valence-corrected chi connectivity index (χ2v) is 6.97. The van der Waals surface area contributed by atoms with Crippen molar-refractivity contribution in [1.29, 1.82) is 0 Å². The van der Waals surface area contributed by atoms with Gasteiger partial charge in [0.2, 0.25) is 0 Å². The van der Waals surface area contributed by atoms with Gasteiger partial charge < -0.3 is 5.32 Å². The molecule has 2 atom stereocenters. The number of likely N-dealkylation sites (N-methyl/N-ethyl adjacent to an activating group) is 1. The van der Waals surface area contributed by atoms with E-state index in [1.165, 1.54) is 13.1 Å². The molecular formula is C11H24N2S. The van der Waals surface area contributed by atoms with Gasteiger partial charge in [-0.3, -0.25) is 4.90 Å². The molecule has 2 nitrogen and oxygen atoms in total. The molecule has 1 fully saturated rings. The van der Waals surface area contributed by atoms with Crippen molar-refractivity contribution in [2.45, 2.75) is 43.7 Å². The third kappa shape index (κ3) is 3.79. The molecule has 0 aromatic heterocycles. The molecule has 0 saturated carbocycles. The first-order chi connectivity index (χ1) is 6.43. The van der Waals surface area contributed by atoms with Gasteiger partial charge in [0, 0.05) is 35.7 Å². The molecule has 1 heterocycles. The molecule has 0 aromatic carbocycles. The van der Waals surface area contributed by atoms with Gasteiger partial charge >= 0.3 is 0 Å². The summed E-state index contributed by atoms with van der Waals surface area (Å²) in [6.07, 6.45) is 0. The number of nitrogens with one attached hydrogen (secondary N) is 1. The quantitative estimate of drug-likeness (QED) is 0.774. The Labute approximate surface area is 92.8 Å². The summed E-state index contributed by atoms with van der Waals surface area (Å²) in [6.45, 7) is 12.8. The fourth-order valence-electron chi connectivity index (χ4n) is 2.05. The Kier molecular flexibility index (Phi) is 4.29. The van der Waals surface area contributed by atoms with E-state index in [2.05, 4.69) is 49.7 Å². The molecule has 1 aliphatic heterocycles. The van der Waals surface area contributed by atoms with Crippen LogP contribution in [0.15, 0.2) is 0 Å². The minimum absolute atomic E-state index is 0.238. The van der Waals surface area contributed by atoms with Crippen LogP contribution in [0.3, 0.4) is 0 Å². The van der Waals surface area contributed by atoms with Crippen molar-refractivity contribution in [3.05, 3.63) is 0 Å². The highest BCUT2D eigenvalue weighted by Gasteiger charge is 2.26. The molecule has 0 spiro atoms. The van der Waals surface area contributed by atoms with Crippen LogP contribution in [0, 0.1) is 0 Å². The average molecular weight is 216 g/mol. The van der Waals surface area contributed by atoms with Crippen molar-refractivity contribution in [1.82, 2.24) is 10.2 Å². The first-order valence-electron chi connectivity index (χ1n) is 5.49. The van der Waals surface area contributed by atoms with Gasteiger partial charge in [-0.2, -0.15) is 11.8 Å². The molecule has 0 radical (unpaired) electrons. The van der Waals surface area contributed by atoms with Crippen LogP contribution in [0.1, 0.15) is 27.7 Å². The second-order valence-electron chi connectivity index (χ2n) is 5.09. The minimum atomic E-state index is 0.238. The Bertz CT molecular complexity index is 172. The molecule has 2 unspecified atom stereocenters. The molecule has 84 valence electrons. The van der Waals surface area contributed by atoms with Gasteiger partial charge in [0.1, 0.15) is 0 Å². The van der Waals surface area contributed by atoms with Crippen LogP contribution in [0.5, 0.6) is 0 Å². The fraction of sp³-hybridized carbons (Fsp3) is 1.00. The van der Waals surface area contributed by atoms with E-state index in [1.807, 2.05) is 7.05 Å². The maximum absolute atomic E-state index is 3.37. The summed E-state index contributed by atoms with van der Waals surface area (Å²) in [5.74, 6) is 0. The lowest BCUT2D eigenvalue weighted by Crippen LogP contribution is -2.51. The van der Waals surface area contributed by atoms with Crippen molar-refractivity contribution < 1.29 is 0 Å². The van der Waals surface area contributed by atoms with Crippen LogP contribution in [0.2, 0.25) is 0 Å². The first kappa shape index (κ1) is 12.3. The largest absolute Gasteiger partial charge is 0.314 e. The molecular weight excluding hydrogens is 192 g/mol. The van der Waals surface area contributed by atoms with Crippen LogP contribution in [0.25, 0.3) is 0 Å². The molecule has 0 aromatic rings. The zero-order chi connectivity index (χ0) is 10.8. The van der Waals surface area contributed by atoms with Crippen LogP contribution in [0.4, 0.5) is 0 Å². The van der Waals surface area contributed by atoms with E-state index in [1.54, 1.807) is 0 Å². The highest BCUT2D eigenvalue weighted by Crippen LogP contribution is 2.25. The summed E-state index contributed by atoms with van der Waals surface area (Å²) in [5, 5.41) is 4.94. The summed E-state index contributed by atoms with van der Waals surface area (Å²) in [7, 11) is 2.05. The lowest BCUT2D eigenvalue weighted by atomic mass is 10.1. The fourth-order valence-corrected chi connectivity index (χ4v) is 3.44. The van der Waals surface area contributed by atoms with Crippen molar-refractivity contribution >= 4 is 11.8 Å². The van der Waals surface area contributed by atoms with E-state index in [4.69, 9.17) is 0 Å². The first-order valence-corrected chi connectivity index (χ1v) is 6.44. The van der Waals surface area contributed by atoms with Gasteiger partial charge in [0.05, 0.1) is 0 Å². The van der Waals surface area contributed by atoms with E-state index in [0.717, 1.165) is 17.0 Å². The van der Waals surface area contributed by atoms with Crippen molar-refractivity contribution in [2.75, 3.05) is 26.7 Å². The van der Waals surface area contributed by atoms with E-state index in [9.17, 15) is 0 Å². The minimum Gasteiger partial charge on any atom is -0.314 e. The topological polar surface area (TPSA) is 15.3 Å². The highest BCUT2D eigenvalue weighted by atomic mass is 32.2. The maximum atomic E-state index is 3.37. The zero-order valence-corrected chi connectivity index (χ0v) is 10.9. The van der Waals surface area contributed by atoms with E-state index in [0.29, 0.717) is 0 Å². The van der Waals surface area contributed by atoms with Gasteiger partial charge in [0.15, 0.2) is 0 Å². The van der Waals surface area contributed by atoms with Gasteiger partial charge in [-0.1, -0.05) is 13.8 Å². The molecule has 14 heavy (non-hydrogen) atoms. The lowest BCUT2D eigenvalue weighted by molar-refractivity contribution is 0.205. The number of rotatable bonds is 3. The smallest absolute Gasteiger partial charge is 0.0249 e. The monoisotopic (exact) mass is 216 g/mol. The van der Waals surface area contributed by atoms with Gasteiger partial charge in [0.25, 0.3) is 0 Å². The summed E-state index contributed by atoms with van der Waals surface area (Å²) < 4.78 is 0. The average Bonchev–Trinajstić information content (AvgIpc) is 2.01. The summed E-state index contributed by atoms with van der Waals surface area (Å²) in [6, 6.07) is 0. The van der Waals surface area contributed by atoms with Gasteiger partial charge in [-0.15, -0.1) is 0 Å². The maximum Gasteiger partial charge on any atom is 0.0249 e. The zero-order valence-electron chi connectivity index (χ0n) is 10.1. The normalized spacial score (nSPS) is 30.6. The summed E-state index contributed by atoms with van der Waals surface area (Å²) in [4.78, 5) is 2.59. The molecule has 1 saturated heterocycles. The molecule has 0 bridgehead atoms. The summed E-state index contributed by atoms with van der Waals surface area (Å²) >= 11 is 2.12. The highest BCUT2D eigenvalue weighted by molar-refractivity contribution is 8.00. The standard InChI is InChI=1S/C11H24N2S/c1-9-6-13(7-10(2)14-9)8-11(3,4)12-5/h9-10,12H,6-8H2,1-5H3. The molecule has 3 heteroatoms. The Balaban J connectivity index is 2.44. The number of nitrogens with zero attached hydrogens (tertiary/aromatic N) is 1. The van der Waals surface area contributed by atoms with E-state index in [-0.39, 0.29) is 5.54 Å².